The molecule has 0 aromatic rings. The summed E-state index contributed by atoms with van der Waals surface area (Å²) >= 11 is 0. The Kier molecular flexibility index (Phi) is 3.23. The molecule has 0 aromatic heterocycles. The van der Waals surface area contributed by atoms with E-state index in [-0.39, 0.29) is 0 Å². The maximum Gasteiger partial charge on any atom is 0.0703 e. The van der Waals surface area contributed by atoms with Gasteiger partial charge in [0.2, 0.25) is 0 Å². The lowest BCUT2D eigenvalue weighted by Crippen LogP contribution is -2.02. The van der Waals surface area contributed by atoms with Crippen molar-refractivity contribution in [3.63, 3.8) is 0 Å². The fraction of sp³-hybridized carbons (Fsp3) is 0.800. The van der Waals surface area contributed by atoms with Gasteiger partial charge in [0.15, 0.2) is 0 Å². The molecule has 0 aromatic carbocycles. The van der Waals surface area contributed by atoms with Crippen LogP contribution >= 0.6 is 0 Å². The van der Waals surface area contributed by atoms with Crippen molar-refractivity contribution in [2.24, 2.45) is 5.92 Å². The van der Waals surface area contributed by atoms with Crippen LogP contribution in [0.15, 0.2) is 11.6 Å². The Balaban J connectivity index is 2.36. The molecule has 0 bridgehead atoms. The van der Waals surface area contributed by atoms with Crippen LogP contribution in [0.25, 0.3) is 0 Å². The summed E-state index contributed by atoms with van der Waals surface area (Å²) in [6, 6.07) is 0. The molecule has 0 amide bonds. The van der Waals surface area contributed by atoms with E-state index in [0.717, 1.165) is 5.92 Å². The fourth-order valence-corrected chi connectivity index (χ4v) is 1.85. The van der Waals surface area contributed by atoms with Crippen molar-refractivity contribution in [3.8, 4) is 0 Å². The fourth-order valence-electron chi connectivity index (χ4n) is 1.85. The summed E-state index contributed by atoms with van der Waals surface area (Å²) in [5, 5.41) is 0. The Bertz CT molecular complexity index is 149. The molecule has 0 nitrogen and oxygen atoms in total. The topological polar surface area (TPSA) is 0 Å². The van der Waals surface area contributed by atoms with Gasteiger partial charge in [0.25, 0.3) is 0 Å². The van der Waals surface area contributed by atoms with E-state index in [9.17, 15) is 0 Å². The summed E-state index contributed by atoms with van der Waals surface area (Å²) in [6.45, 7) is 4.31. The zero-order valence-corrected chi connectivity index (χ0v) is 7.64. The quantitative estimate of drug-likeness (QED) is 0.417. The minimum atomic E-state index is 0.477. The first-order valence-corrected chi connectivity index (χ1v) is 4.61. The monoisotopic (exact) mass is 148 g/mol. The van der Waals surface area contributed by atoms with Crippen molar-refractivity contribution in [3.05, 3.63) is 11.6 Å². The second-order valence-corrected chi connectivity index (χ2v) is 3.69. The van der Waals surface area contributed by atoms with E-state index in [0.29, 0.717) is 5.82 Å². The zero-order chi connectivity index (χ0) is 8.27. The lowest BCUT2D eigenvalue weighted by molar-refractivity contribution is 0.543. The van der Waals surface area contributed by atoms with Crippen LogP contribution in [0.2, 0.25) is 5.82 Å². The SMILES string of the molecule is [B][C@H]1CCC[C@@H]1CC(C)=CC. The molecule has 2 atom stereocenters. The average Bonchev–Trinajstić information content (AvgIpc) is 2.37. The summed E-state index contributed by atoms with van der Waals surface area (Å²) < 4.78 is 0. The van der Waals surface area contributed by atoms with E-state index in [4.69, 9.17) is 7.85 Å². The molecular formula is C10H17B. The highest BCUT2D eigenvalue weighted by atomic mass is 14.2. The number of allylic oxidation sites excluding steroid dienone is 2. The van der Waals surface area contributed by atoms with Crippen molar-refractivity contribution in [1.29, 1.82) is 0 Å². The zero-order valence-electron chi connectivity index (χ0n) is 7.64. The van der Waals surface area contributed by atoms with Gasteiger partial charge in [0.1, 0.15) is 0 Å². The number of rotatable bonds is 2. The normalized spacial score (nSPS) is 32.7. The highest BCUT2D eigenvalue weighted by Gasteiger charge is 2.22. The first-order valence-electron chi connectivity index (χ1n) is 4.61. The van der Waals surface area contributed by atoms with Crippen molar-refractivity contribution in [1.82, 2.24) is 0 Å². The highest BCUT2D eigenvalue weighted by Crippen LogP contribution is 2.37. The molecule has 1 aliphatic carbocycles. The minimum absolute atomic E-state index is 0.477. The van der Waals surface area contributed by atoms with Gasteiger partial charge < -0.3 is 0 Å². The minimum Gasteiger partial charge on any atom is -0.0887 e. The molecule has 1 aliphatic rings. The van der Waals surface area contributed by atoms with E-state index in [1.54, 1.807) is 0 Å². The number of hydrogen-bond acceptors (Lipinski definition) is 0. The van der Waals surface area contributed by atoms with Gasteiger partial charge in [-0.3, -0.25) is 0 Å². The molecule has 60 valence electrons. The van der Waals surface area contributed by atoms with Gasteiger partial charge in [0.05, 0.1) is 7.85 Å². The summed E-state index contributed by atoms with van der Waals surface area (Å²) in [6.07, 6.45) is 7.33. The van der Waals surface area contributed by atoms with Crippen LogP contribution in [0.3, 0.4) is 0 Å². The summed E-state index contributed by atoms with van der Waals surface area (Å²) in [7, 11) is 5.95. The first-order chi connectivity index (χ1) is 5.24. The number of hydrogen-bond donors (Lipinski definition) is 0. The molecule has 0 aliphatic heterocycles. The van der Waals surface area contributed by atoms with E-state index >= 15 is 0 Å². The standard InChI is InChI=1S/C10H17B/c1-3-8(2)7-9-5-4-6-10(9)11/h3,9-10H,4-7H2,1-2H3/t9-,10+/m1/s1. The van der Waals surface area contributed by atoms with Crippen LogP contribution in [0.1, 0.15) is 39.5 Å². The Hall–Kier alpha value is -0.195. The molecule has 11 heavy (non-hydrogen) atoms. The van der Waals surface area contributed by atoms with Gasteiger partial charge in [-0.15, -0.1) is 0 Å². The van der Waals surface area contributed by atoms with E-state index in [2.05, 4.69) is 19.9 Å². The molecule has 0 heterocycles. The Morgan fingerprint density at radius 3 is 2.73 bits per heavy atom. The van der Waals surface area contributed by atoms with Gasteiger partial charge in [-0.05, 0) is 26.2 Å². The van der Waals surface area contributed by atoms with Gasteiger partial charge in [-0.25, -0.2) is 0 Å². The Labute approximate surface area is 71.5 Å². The predicted molar refractivity (Wildman–Crippen MR) is 50.9 cm³/mol. The molecule has 2 radical (unpaired) electrons. The maximum absolute atomic E-state index is 5.95. The first kappa shape index (κ1) is 8.90. The van der Waals surface area contributed by atoms with Gasteiger partial charge >= 0.3 is 0 Å². The van der Waals surface area contributed by atoms with Crippen molar-refractivity contribution >= 4 is 7.85 Å². The van der Waals surface area contributed by atoms with E-state index in [1.807, 2.05) is 0 Å². The molecule has 1 saturated carbocycles. The van der Waals surface area contributed by atoms with Gasteiger partial charge in [-0.2, -0.15) is 0 Å². The highest BCUT2D eigenvalue weighted by molar-refractivity contribution is 6.12. The van der Waals surface area contributed by atoms with Crippen LogP contribution in [0.4, 0.5) is 0 Å². The van der Waals surface area contributed by atoms with Crippen LogP contribution in [-0.4, -0.2) is 7.85 Å². The van der Waals surface area contributed by atoms with Gasteiger partial charge in [-0.1, -0.05) is 36.7 Å². The lowest BCUT2D eigenvalue weighted by Gasteiger charge is -2.15. The van der Waals surface area contributed by atoms with Crippen molar-refractivity contribution in [2.75, 3.05) is 0 Å². The Morgan fingerprint density at radius 1 is 1.55 bits per heavy atom. The third-order valence-electron chi connectivity index (χ3n) is 2.79. The summed E-state index contributed by atoms with van der Waals surface area (Å²) in [5.74, 6) is 1.25. The Morgan fingerprint density at radius 2 is 2.27 bits per heavy atom. The second kappa shape index (κ2) is 3.99. The molecule has 0 spiro atoms. The third-order valence-corrected chi connectivity index (χ3v) is 2.79. The molecule has 0 unspecified atom stereocenters. The molecule has 0 saturated heterocycles. The lowest BCUT2D eigenvalue weighted by atomic mass is 9.76. The third kappa shape index (κ3) is 2.39. The molecule has 1 fully saturated rings. The predicted octanol–water partition coefficient (Wildman–Crippen LogP) is 3.10. The largest absolute Gasteiger partial charge is 0.0887 e. The van der Waals surface area contributed by atoms with Crippen LogP contribution in [-0.2, 0) is 0 Å². The molecular weight excluding hydrogens is 131 g/mol. The van der Waals surface area contributed by atoms with Crippen LogP contribution in [0.5, 0.6) is 0 Å². The van der Waals surface area contributed by atoms with E-state index in [1.165, 1.54) is 31.3 Å². The maximum atomic E-state index is 5.95. The van der Waals surface area contributed by atoms with Crippen molar-refractivity contribution < 1.29 is 0 Å². The van der Waals surface area contributed by atoms with Crippen LogP contribution in [0, 0.1) is 5.92 Å². The smallest absolute Gasteiger partial charge is 0.0703 e. The second-order valence-electron chi connectivity index (χ2n) is 3.69. The molecule has 0 N–H and O–H groups in total. The van der Waals surface area contributed by atoms with Crippen molar-refractivity contribution in [2.45, 2.75) is 45.3 Å². The molecule has 1 heteroatoms. The van der Waals surface area contributed by atoms with Gasteiger partial charge in [0, 0.05) is 0 Å². The summed E-state index contributed by atoms with van der Waals surface area (Å²) in [4.78, 5) is 0. The van der Waals surface area contributed by atoms with E-state index < -0.39 is 0 Å². The van der Waals surface area contributed by atoms with Crippen LogP contribution < -0.4 is 0 Å². The molecule has 1 rings (SSSR count). The average molecular weight is 148 g/mol. The summed E-state index contributed by atoms with van der Waals surface area (Å²) in [5.41, 5.74) is 1.49.